The third kappa shape index (κ3) is 1.84. The van der Waals surface area contributed by atoms with Crippen molar-refractivity contribution in [2.45, 2.75) is 31.7 Å². The second-order valence-corrected chi connectivity index (χ2v) is 5.42. The summed E-state index contributed by atoms with van der Waals surface area (Å²) in [5.41, 5.74) is 6.42. The lowest BCUT2D eigenvalue weighted by molar-refractivity contribution is 0.439. The van der Waals surface area contributed by atoms with E-state index in [0.29, 0.717) is 16.9 Å². The second-order valence-electron chi connectivity index (χ2n) is 5.03. The Kier molecular flexibility index (Phi) is 2.43. The topological polar surface area (TPSA) is 50.9 Å². The average Bonchev–Trinajstić information content (AvgIpc) is 2.77. The van der Waals surface area contributed by atoms with Crippen molar-refractivity contribution in [3.05, 3.63) is 17.3 Å². The fraction of sp³-hybridized carbons (Fsp3) is 0.583. The molecule has 1 aromatic heterocycles. The van der Waals surface area contributed by atoms with Gasteiger partial charge in [0.05, 0.1) is 0 Å². The summed E-state index contributed by atoms with van der Waals surface area (Å²) in [7, 11) is 0. The van der Waals surface area contributed by atoms with Crippen LogP contribution >= 0.6 is 11.6 Å². The molecule has 0 spiro atoms. The minimum atomic E-state index is 0.464. The highest BCUT2D eigenvalue weighted by Gasteiger charge is 2.39. The average molecular weight is 238 g/mol. The van der Waals surface area contributed by atoms with Crippen LogP contribution in [0.25, 0.3) is 0 Å². The molecule has 1 aromatic rings. The molecule has 2 aliphatic rings. The van der Waals surface area contributed by atoms with Crippen molar-refractivity contribution in [2.24, 2.45) is 11.8 Å². The molecule has 3 atom stereocenters. The number of halogens is 1. The van der Waals surface area contributed by atoms with Gasteiger partial charge in [-0.15, -0.1) is 0 Å². The molecule has 4 heteroatoms. The minimum Gasteiger partial charge on any atom is -0.399 e. The maximum atomic E-state index is 5.88. The fourth-order valence-corrected chi connectivity index (χ4v) is 3.42. The maximum Gasteiger partial charge on any atom is 0.133 e. The number of nitrogens with one attached hydrogen (secondary N) is 1. The monoisotopic (exact) mass is 237 g/mol. The van der Waals surface area contributed by atoms with Crippen molar-refractivity contribution in [3.63, 3.8) is 0 Å². The Morgan fingerprint density at radius 3 is 2.81 bits per heavy atom. The number of aromatic nitrogens is 1. The molecule has 86 valence electrons. The minimum absolute atomic E-state index is 0.464. The Hall–Kier alpha value is -0.960. The largest absolute Gasteiger partial charge is 0.399 e. The Morgan fingerprint density at radius 1 is 1.31 bits per heavy atom. The molecule has 0 amide bonds. The van der Waals surface area contributed by atoms with Gasteiger partial charge in [-0.05, 0) is 37.2 Å². The first-order valence-electron chi connectivity index (χ1n) is 5.90. The summed E-state index contributed by atoms with van der Waals surface area (Å²) in [5, 5.41) is 3.94. The molecule has 0 saturated heterocycles. The van der Waals surface area contributed by atoms with Gasteiger partial charge in [-0.3, -0.25) is 0 Å². The van der Waals surface area contributed by atoms with Gasteiger partial charge in [0.1, 0.15) is 11.0 Å². The molecular weight excluding hydrogens is 222 g/mol. The zero-order valence-corrected chi connectivity index (χ0v) is 9.87. The van der Waals surface area contributed by atoms with Crippen molar-refractivity contribution in [1.82, 2.24) is 4.98 Å². The molecule has 2 aliphatic carbocycles. The molecule has 1 heterocycles. The van der Waals surface area contributed by atoms with E-state index < -0.39 is 0 Å². The van der Waals surface area contributed by atoms with Gasteiger partial charge in [0, 0.05) is 17.8 Å². The van der Waals surface area contributed by atoms with E-state index in [9.17, 15) is 0 Å². The van der Waals surface area contributed by atoms with Crippen LogP contribution in [0.4, 0.5) is 11.5 Å². The van der Waals surface area contributed by atoms with Crippen LogP contribution in [-0.2, 0) is 0 Å². The molecule has 2 fully saturated rings. The van der Waals surface area contributed by atoms with Crippen LogP contribution in [0, 0.1) is 11.8 Å². The zero-order valence-electron chi connectivity index (χ0n) is 9.12. The van der Waals surface area contributed by atoms with E-state index in [2.05, 4.69) is 10.3 Å². The third-order valence-corrected chi connectivity index (χ3v) is 4.08. The first-order valence-corrected chi connectivity index (χ1v) is 6.28. The van der Waals surface area contributed by atoms with E-state index in [0.717, 1.165) is 17.7 Å². The van der Waals surface area contributed by atoms with Gasteiger partial charge in [-0.25, -0.2) is 4.98 Å². The van der Waals surface area contributed by atoms with Crippen LogP contribution in [0.2, 0.25) is 5.15 Å². The Labute approximate surface area is 100 Å². The lowest BCUT2D eigenvalue weighted by Gasteiger charge is -2.23. The van der Waals surface area contributed by atoms with E-state index >= 15 is 0 Å². The predicted octanol–water partition coefficient (Wildman–Crippen LogP) is 2.92. The van der Waals surface area contributed by atoms with Gasteiger partial charge in [0.25, 0.3) is 0 Å². The summed E-state index contributed by atoms with van der Waals surface area (Å²) in [6.07, 6.45) is 5.43. The third-order valence-electron chi connectivity index (χ3n) is 3.89. The normalized spacial score (nSPS) is 31.9. The van der Waals surface area contributed by atoms with Crippen LogP contribution in [0.15, 0.2) is 12.1 Å². The van der Waals surface area contributed by atoms with E-state index in [1.807, 2.05) is 6.07 Å². The number of nitrogens with zero attached hydrogens (tertiary/aromatic N) is 1. The van der Waals surface area contributed by atoms with Crippen LogP contribution in [0.5, 0.6) is 0 Å². The predicted molar refractivity (Wildman–Crippen MR) is 66.5 cm³/mol. The molecule has 0 aliphatic heterocycles. The highest BCUT2D eigenvalue weighted by Crippen LogP contribution is 2.45. The van der Waals surface area contributed by atoms with E-state index in [1.54, 1.807) is 6.07 Å². The molecular formula is C12H16ClN3. The maximum absolute atomic E-state index is 5.88. The van der Waals surface area contributed by atoms with Gasteiger partial charge in [0.15, 0.2) is 0 Å². The SMILES string of the molecule is Nc1cc(Cl)nc(NC2CC3CCC2C3)c1. The Morgan fingerprint density at radius 2 is 2.19 bits per heavy atom. The summed E-state index contributed by atoms with van der Waals surface area (Å²) >= 11 is 5.88. The number of fused-ring (bicyclic) bond motifs is 2. The zero-order chi connectivity index (χ0) is 11.1. The Balaban J connectivity index is 1.74. The first-order chi connectivity index (χ1) is 7.70. The molecule has 0 radical (unpaired) electrons. The number of pyridine rings is 1. The van der Waals surface area contributed by atoms with E-state index in [1.165, 1.54) is 25.7 Å². The fourth-order valence-electron chi connectivity index (χ4n) is 3.20. The van der Waals surface area contributed by atoms with Gasteiger partial charge in [-0.2, -0.15) is 0 Å². The van der Waals surface area contributed by atoms with Crippen molar-refractivity contribution in [1.29, 1.82) is 0 Å². The molecule has 2 bridgehead atoms. The van der Waals surface area contributed by atoms with E-state index in [4.69, 9.17) is 17.3 Å². The smallest absolute Gasteiger partial charge is 0.133 e. The summed E-state index contributed by atoms with van der Waals surface area (Å²) < 4.78 is 0. The number of rotatable bonds is 2. The Bertz CT molecular complexity index is 387. The van der Waals surface area contributed by atoms with Crippen molar-refractivity contribution >= 4 is 23.1 Å². The molecule has 2 saturated carbocycles. The standard InChI is InChI=1S/C12H16ClN3/c13-11-5-9(14)6-12(16-11)15-10-4-7-1-2-8(10)3-7/h5-8,10H,1-4H2,(H3,14,15,16). The summed E-state index contributed by atoms with van der Waals surface area (Å²) in [5.74, 6) is 2.58. The number of nitrogen functional groups attached to an aromatic ring is 1. The van der Waals surface area contributed by atoms with Crippen LogP contribution in [-0.4, -0.2) is 11.0 Å². The van der Waals surface area contributed by atoms with Crippen molar-refractivity contribution in [2.75, 3.05) is 11.1 Å². The van der Waals surface area contributed by atoms with E-state index in [-0.39, 0.29) is 0 Å². The van der Waals surface area contributed by atoms with Crippen molar-refractivity contribution in [3.8, 4) is 0 Å². The second kappa shape index (κ2) is 3.81. The molecule has 3 unspecified atom stereocenters. The van der Waals surface area contributed by atoms with Crippen molar-refractivity contribution < 1.29 is 0 Å². The number of hydrogen-bond donors (Lipinski definition) is 2. The van der Waals surface area contributed by atoms with Gasteiger partial charge in [-0.1, -0.05) is 18.0 Å². The summed E-state index contributed by atoms with van der Waals surface area (Å²) in [6.45, 7) is 0. The van der Waals surface area contributed by atoms with Gasteiger partial charge in [0.2, 0.25) is 0 Å². The lowest BCUT2D eigenvalue weighted by Crippen LogP contribution is -2.26. The molecule has 3 rings (SSSR count). The highest BCUT2D eigenvalue weighted by atomic mass is 35.5. The molecule has 3 nitrogen and oxygen atoms in total. The van der Waals surface area contributed by atoms with Crippen LogP contribution in [0.1, 0.15) is 25.7 Å². The number of hydrogen-bond acceptors (Lipinski definition) is 3. The summed E-state index contributed by atoms with van der Waals surface area (Å²) in [6, 6.07) is 4.11. The quantitative estimate of drug-likeness (QED) is 0.778. The molecule has 0 aromatic carbocycles. The highest BCUT2D eigenvalue weighted by molar-refractivity contribution is 6.29. The number of nitrogens with two attached hydrogens (primary N) is 1. The van der Waals surface area contributed by atoms with Crippen LogP contribution in [0.3, 0.4) is 0 Å². The van der Waals surface area contributed by atoms with Crippen LogP contribution < -0.4 is 11.1 Å². The van der Waals surface area contributed by atoms with Gasteiger partial charge < -0.3 is 11.1 Å². The first kappa shape index (κ1) is 10.2. The lowest BCUT2D eigenvalue weighted by atomic mass is 9.95. The number of anilines is 2. The van der Waals surface area contributed by atoms with Gasteiger partial charge >= 0.3 is 0 Å². The molecule has 3 N–H and O–H groups in total. The molecule has 16 heavy (non-hydrogen) atoms. The summed E-state index contributed by atoms with van der Waals surface area (Å²) in [4.78, 5) is 4.26.